The van der Waals surface area contributed by atoms with Crippen molar-refractivity contribution in [3.05, 3.63) is 22.3 Å². The first-order valence-electron chi connectivity index (χ1n) is 4.13. The Labute approximate surface area is 94.4 Å². The lowest BCUT2D eigenvalue weighted by atomic mass is 10.1. The number of halogens is 1. The number of nitrogen functional groups attached to an aromatic ring is 1. The quantitative estimate of drug-likeness (QED) is 0.410. The lowest BCUT2D eigenvalue weighted by molar-refractivity contribution is 0.174. The minimum absolute atomic E-state index is 0.119. The molecule has 5 N–H and O–H groups in total. The minimum atomic E-state index is -0.120. The molecule has 0 spiro atoms. The van der Waals surface area contributed by atoms with Crippen LogP contribution in [-0.2, 0) is 0 Å². The molecule has 1 aliphatic rings. The standard InChI is InChI=1S/C9H9BrN2O3/c10-9(12)8(13)4-1-6-7(2-5(4)11)15-3-14-6/h1-2,13H,3,11-12H2/b9-8+. The molecule has 0 radical (unpaired) electrons. The van der Waals surface area contributed by atoms with E-state index in [-0.39, 0.29) is 17.2 Å². The number of hydrogen-bond donors (Lipinski definition) is 3. The van der Waals surface area contributed by atoms with Gasteiger partial charge >= 0.3 is 0 Å². The van der Waals surface area contributed by atoms with Crippen molar-refractivity contribution < 1.29 is 14.6 Å². The summed E-state index contributed by atoms with van der Waals surface area (Å²) in [5.41, 5.74) is 11.9. The molecule has 0 atom stereocenters. The molecule has 80 valence electrons. The van der Waals surface area contributed by atoms with Gasteiger partial charge in [0.05, 0.1) is 0 Å². The smallest absolute Gasteiger partial charge is 0.231 e. The molecule has 0 aromatic heterocycles. The van der Waals surface area contributed by atoms with E-state index in [0.29, 0.717) is 22.7 Å². The van der Waals surface area contributed by atoms with Crippen LogP contribution in [0.4, 0.5) is 5.69 Å². The van der Waals surface area contributed by atoms with Crippen LogP contribution in [0.3, 0.4) is 0 Å². The zero-order chi connectivity index (χ0) is 11.0. The van der Waals surface area contributed by atoms with Gasteiger partial charge < -0.3 is 26.0 Å². The van der Waals surface area contributed by atoms with Gasteiger partial charge in [-0.3, -0.25) is 0 Å². The van der Waals surface area contributed by atoms with Crippen molar-refractivity contribution in [3.8, 4) is 11.5 Å². The fourth-order valence-electron chi connectivity index (χ4n) is 1.29. The molecule has 0 saturated carbocycles. The third kappa shape index (κ3) is 1.68. The summed E-state index contributed by atoms with van der Waals surface area (Å²) in [7, 11) is 0. The normalized spacial score (nSPS) is 15.0. The van der Waals surface area contributed by atoms with E-state index in [1.807, 2.05) is 0 Å². The van der Waals surface area contributed by atoms with E-state index < -0.39 is 0 Å². The van der Waals surface area contributed by atoms with E-state index in [0.717, 1.165) is 0 Å². The summed E-state index contributed by atoms with van der Waals surface area (Å²) in [6, 6.07) is 3.17. The zero-order valence-corrected chi connectivity index (χ0v) is 9.24. The molecule has 0 aliphatic carbocycles. The van der Waals surface area contributed by atoms with Crippen molar-refractivity contribution in [2.45, 2.75) is 0 Å². The number of hydrogen-bond acceptors (Lipinski definition) is 5. The molecule has 15 heavy (non-hydrogen) atoms. The number of ether oxygens (including phenoxy) is 2. The highest BCUT2D eigenvalue weighted by Crippen LogP contribution is 2.38. The summed E-state index contributed by atoms with van der Waals surface area (Å²) in [6.45, 7) is 0.159. The van der Waals surface area contributed by atoms with E-state index >= 15 is 0 Å². The van der Waals surface area contributed by atoms with Crippen LogP contribution < -0.4 is 20.9 Å². The molecular weight excluding hydrogens is 264 g/mol. The number of rotatable bonds is 1. The Balaban J connectivity index is 2.55. The van der Waals surface area contributed by atoms with Gasteiger partial charge in [-0.05, 0) is 22.0 Å². The van der Waals surface area contributed by atoms with Gasteiger partial charge in [0.1, 0.15) is 4.61 Å². The number of fused-ring (bicyclic) bond motifs is 1. The van der Waals surface area contributed by atoms with Crippen LogP contribution in [0, 0.1) is 0 Å². The second-order valence-electron chi connectivity index (χ2n) is 2.99. The third-order valence-corrected chi connectivity index (χ3v) is 2.40. The maximum absolute atomic E-state index is 9.64. The summed E-state index contributed by atoms with van der Waals surface area (Å²) in [4.78, 5) is 0. The molecular formula is C9H9BrN2O3. The maximum atomic E-state index is 9.64. The maximum Gasteiger partial charge on any atom is 0.231 e. The highest BCUT2D eigenvalue weighted by atomic mass is 79.9. The van der Waals surface area contributed by atoms with Crippen molar-refractivity contribution >= 4 is 27.4 Å². The fraction of sp³-hybridized carbons (Fsp3) is 0.111. The zero-order valence-electron chi connectivity index (χ0n) is 7.66. The summed E-state index contributed by atoms with van der Waals surface area (Å²) in [5.74, 6) is 0.988. The molecule has 1 aromatic carbocycles. The number of aliphatic hydroxyl groups is 1. The second kappa shape index (κ2) is 3.54. The second-order valence-corrected chi connectivity index (χ2v) is 3.84. The SMILES string of the molecule is N/C(Br)=C(/O)c1cc2c(cc1N)OCO2. The Morgan fingerprint density at radius 2 is 1.93 bits per heavy atom. The molecule has 0 fully saturated rings. The average molecular weight is 273 g/mol. The van der Waals surface area contributed by atoms with Crippen LogP contribution >= 0.6 is 15.9 Å². The molecule has 6 heteroatoms. The van der Waals surface area contributed by atoms with E-state index in [9.17, 15) is 5.11 Å². The Morgan fingerprint density at radius 1 is 1.33 bits per heavy atom. The van der Waals surface area contributed by atoms with Gasteiger partial charge in [0.15, 0.2) is 17.3 Å². The largest absolute Gasteiger partial charge is 0.505 e. The van der Waals surface area contributed by atoms with Gasteiger partial charge in [-0.1, -0.05) is 0 Å². The molecule has 0 saturated heterocycles. The van der Waals surface area contributed by atoms with Crippen molar-refractivity contribution in [2.24, 2.45) is 5.73 Å². The van der Waals surface area contributed by atoms with E-state index in [2.05, 4.69) is 15.9 Å². The van der Waals surface area contributed by atoms with Crippen molar-refractivity contribution in [1.29, 1.82) is 0 Å². The summed E-state index contributed by atoms with van der Waals surface area (Å²) in [5, 5.41) is 9.64. The predicted octanol–water partition coefficient (Wildman–Crippen LogP) is 1.54. The van der Waals surface area contributed by atoms with E-state index in [1.165, 1.54) is 0 Å². The van der Waals surface area contributed by atoms with Gasteiger partial charge in [-0.25, -0.2) is 0 Å². The van der Waals surface area contributed by atoms with Crippen LogP contribution in [0.5, 0.6) is 11.5 Å². The fourth-order valence-corrected chi connectivity index (χ4v) is 1.51. The highest BCUT2D eigenvalue weighted by Gasteiger charge is 2.18. The van der Waals surface area contributed by atoms with Gasteiger partial charge in [0.25, 0.3) is 0 Å². The van der Waals surface area contributed by atoms with Crippen LogP contribution in [0.15, 0.2) is 16.7 Å². The topological polar surface area (TPSA) is 90.7 Å². The number of nitrogens with two attached hydrogens (primary N) is 2. The van der Waals surface area contributed by atoms with Gasteiger partial charge in [0.2, 0.25) is 6.79 Å². The predicted molar refractivity (Wildman–Crippen MR) is 59.6 cm³/mol. The third-order valence-electron chi connectivity index (χ3n) is 2.03. The molecule has 1 aromatic rings. The van der Waals surface area contributed by atoms with Gasteiger partial charge in [0, 0.05) is 17.3 Å². The molecule has 1 aliphatic heterocycles. The molecule has 0 bridgehead atoms. The number of anilines is 1. The molecule has 0 unspecified atom stereocenters. The van der Waals surface area contributed by atoms with E-state index in [4.69, 9.17) is 20.9 Å². The lowest BCUT2D eigenvalue weighted by Gasteiger charge is -2.07. The monoisotopic (exact) mass is 272 g/mol. The first kappa shape index (κ1) is 9.97. The number of benzene rings is 1. The van der Waals surface area contributed by atoms with Crippen LogP contribution in [0.2, 0.25) is 0 Å². The van der Waals surface area contributed by atoms with Crippen LogP contribution in [0.25, 0.3) is 5.76 Å². The van der Waals surface area contributed by atoms with E-state index in [1.54, 1.807) is 12.1 Å². The first-order chi connectivity index (χ1) is 7.09. The Kier molecular flexibility index (Phi) is 2.36. The van der Waals surface area contributed by atoms with Gasteiger partial charge in [-0.2, -0.15) is 0 Å². The van der Waals surface area contributed by atoms with Crippen molar-refractivity contribution in [1.82, 2.24) is 0 Å². The van der Waals surface area contributed by atoms with Gasteiger partial charge in [-0.15, -0.1) is 0 Å². The summed E-state index contributed by atoms with van der Waals surface area (Å²) >= 11 is 2.97. The summed E-state index contributed by atoms with van der Waals surface area (Å²) < 4.78 is 10.4. The Morgan fingerprint density at radius 3 is 2.53 bits per heavy atom. The Bertz CT molecular complexity index is 441. The average Bonchev–Trinajstić information content (AvgIpc) is 2.62. The first-order valence-corrected chi connectivity index (χ1v) is 4.92. The minimum Gasteiger partial charge on any atom is -0.505 e. The lowest BCUT2D eigenvalue weighted by Crippen LogP contribution is -1.99. The molecule has 5 nitrogen and oxygen atoms in total. The highest BCUT2D eigenvalue weighted by molar-refractivity contribution is 9.11. The van der Waals surface area contributed by atoms with Crippen LogP contribution in [-0.4, -0.2) is 11.9 Å². The molecule has 0 amide bonds. The molecule has 2 rings (SSSR count). The van der Waals surface area contributed by atoms with Crippen molar-refractivity contribution in [3.63, 3.8) is 0 Å². The summed E-state index contributed by atoms with van der Waals surface area (Å²) in [6.07, 6.45) is 0. The van der Waals surface area contributed by atoms with Crippen LogP contribution in [0.1, 0.15) is 5.56 Å². The van der Waals surface area contributed by atoms with Crippen molar-refractivity contribution in [2.75, 3.05) is 12.5 Å². The molecule has 1 heterocycles. The number of aliphatic hydroxyl groups excluding tert-OH is 1. The Hall–Kier alpha value is -1.56.